The van der Waals surface area contributed by atoms with Gasteiger partial charge in [0.1, 0.15) is 5.76 Å². The van der Waals surface area contributed by atoms with Gasteiger partial charge in [0.2, 0.25) is 0 Å². The van der Waals surface area contributed by atoms with Gasteiger partial charge in [-0.3, -0.25) is 9.59 Å². The molecule has 43 heavy (non-hydrogen) atoms. The number of carbonyl (C=O) groups is 2. The number of aryl methyl sites for hydroxylation is 3. The summed E-state index contributed by atoms with van der Waals surface area (Å²) in [7, 11) is 0. The van der Waals surface area contributed by atoms with Crippen molar-refractivity contribution in [3.63, 3.8) is 0 Å². The third kappa shape index (κ3) is 9.70. The standard InChI is InChI=1S/C27H22NO.C11H20O2.Pt/c1-18-16-19(2)26(20(3)17-18)27(29)24-13-9-22(10-14-24)21-7-11-23(12-8-21)25-6-4-5-15-28-25;1-10(2,3)8(12)7-9(13)11(4,5)6;/h4-11,13-17H,1-3H3;7,12H,1-6H3;/q-1;;/b;8-7-;. The van der Waals surface area contributed by atoms with Crippen LogP contribution in [-0.4, -0.2) is 21.7 Å². The van der Waals surface area contributed by atoms with Gasteiger partial charge in [-0.15, -0.1) is 29.8 Å². The van der Waals surface area contributed by atoms with Crippen molar-refractivity contribution in [1.82, 2.24) is 4.98 Å². The number of allylic oxidation sites excluding steroid dienone is 2. The summed E-state index contributed by atoms with van der Waals surface area (Å²) >= 11 is 0. The molecule has 0 amide bonds. The number of pyridine rings is 1. The molecule has 3 aromatic carbocycles. The third-order valence-corrected chi connectivity index (χ3v) is 6.91. The largest absolute Gasteiger partial charge is 0.512 e. The second-order valence-electron chi connectivity index (χ2n) is 12.8. The molecule has 0 radical (unpaired) electrons. The first-order valence-corrected chi connectivity index (χ1v) is 14.2. The monoisotopic (exact) mass is 755 g/mol. The molecule has 0 bridgehead atoms. The molecule has 1 aromatic heterocycles. The molecule has 0 fully saturated rings. The predicted octanol–water partition coefficient (Wildman–Crippen LogP) is 9.46. The van der Waals surface area contributed by atoms with E-state index in [1.165, 1.54) is 11.6 Å². The van der Waals surface area contributed by atoms with Crippen LogP contribution < -0.4 is 0 Å². The van der Waals surface area contributed by atoms with E-state index in [0.29, 0.717) is 5.56 Å². The van der Waals surface area contributed by atoms with Crippen LogP contribution in [0.5, 0.6) is 0 Å². The van der Waals surface area contributed by atoms with Crippen LogP contribution in [0.2, 0.25) is 0 Å². The van der Waals surface area contributed by atoms with E-state index in [0.717, 1.165) is 39.1 Å². The van der Waals surface area contributed by atoms with E-state index in [1.54, 1.807) is 6.20 Å². The minimum atomic E-state index is -0.417. The van der Waals surface area contributed by atoms with Gasteiger partial charge in [0.15, 0.2) is 11.6 Å². The van der Waals surface area contributed by atoms with Gasteiger partial charge in [-0.25, -0.2) is 0 Å². The maximum atomic E-state index is 13.0. The van der Waals surface area contributed by atoms with Gasteiger partial charge in [0, 0.05) is 55.3 Å². The minimum absolute atomic E-state index is 0. The smallest absolute Gasteiger partial charge is 0.193 e. The van der Waals surface area contributed by atoms with Crippen LogP contribution in [0.3, 0.4) is 0 Å². The van der Waals surface area contributed by atoms with Crippen molar-refractivity contribution in [2.45, 2.75) is 62.3 Å². The van der Waals surface area contributed by atoms with E-state index in [1.807, 2.05) is 110 Å². The molecule has 4 aromatic rings. The Balaban J connectivity index is 0.000000394. The Morgan fingerprint density at radius 3 is 1.84 bits per heavy atom. The number of carbonyl (C=O) groups excluding carboxylic acids is 2. The Kier molecular flexibility index (Phi) is 12.2. The van der Waals surface area contributed by atoms with Crippen molar-refractivity contribution >= 4 is 11.6 Å². The Labute approximate surface area is 271 Å². The molecule has 0 unspecified atom stereocenters. The predicted molar refractivity (Wildman–Crippen MR) is 173 cm³/mol. The van der Waals surface area contributed by atoms with Crippen LogP contribution >= 0.6 is 0 Å². The van der Waals surface area contributed by atoms with Crippen LogP contribution in [0.1, 0.15) is 74.2 Å². The molecular weight excluding hydrogens is 714 g/mol. The summed E-state index contributed by atoms with van der Waals surface area (Å²) < 4.78 is 0. The van der Waals surface area contributed by atoms with E-state index in [2.05, 4.69) is 36.2 Å². The third-order valence-electron chi connectivity index (χ3n) is 6.91. The van der Waals surface area contributed by atoms with Gasteiger partial charge in [0.25, 0.3) is 0 Å². The summed E-state index contributed by atoms with van der Waals surface area (Å²) in [6.45, 7) is 17.2. The van der Waals surface area contributed by atoms with Gasteiger partial charge in [0.05, 0.1) is 0 Å². The molecule has 1 N–H and O–H groups in total. The van der Waals surface area contributed by atoms with E-state index in [-0.39, 0.29) is 43.8 Å². The molecule has 0 aliphatic carbocycles. The van der Waals surface area contributed by atoms with Gasteiger partial charge in [-0.1, -0.05) is 107 Å². The number of aliphatic hydroxyl groups excluding tert-OH is 1. The fourth-order valence-corrected chi connectivity index (χ4v) is 4.34. The molecule has 0 spiro atoms. The maximum Gasteiger partial charge on any atom is 0.193 e. The van der Waals surface area contributed by atoms with Crippen LogP contribution in [0, 0.1) is 37.7 Å². The quantitative estimate of drug-likeness (QED) is 0.0955. The number of aliphatic hydroxyl groups is 1. The van der Waals surface area contributed by atoms with Crippen molar-refractivity contribution in [2.75, 3.05) is 0 Å². The fraction of sp³-hybridized carbons (Fsp3) is 0.289. The molecule has 0 aliphatic rings. The van der Waals surface area contributed by atoms with E-state index in [9.17, 15) is 14.7 Å². The van der Waals surface area contributed by atoms with Crippen LogP contribution in [0.25, 0.3) is 22.4 Å². The number of ketones is 2. The Morgan fingerprint density at radius 1 is 0.791 bits per heavy atom. The molecule has 0 atom stereocenters. The minimum Gasteiger partial charge on any atom is -0.512 e. The van der Waals surface area contributed by atoms with Gasteiger partial charge in [-0.2, -0.15) is 0 Å². The second-order valence-corrected chi connectivity index (χ2v) is 12.8. The maximum absolute atomic E-state index is 13.0. The van der Waals surface area contributed by atoms with Crippen LogP contribution in [-0.2, 0) is 25.9 Å². The van der Waals surface area contributed by atoms with Crippen molar-refractivity contribution in [3.8, 4) is 22.4 Å². The zero-order valence-electron chi connectivity index (χ0n) is 26.6. The topological polar surface area (TPSA) is 67.3 Å². The van der Waals surface area contributed by atoms with E-state index in [4.69, 9.17) is 0 Å². The van der Waals surface area contributed by atoms with Crippen LogP contribution in [0.15, 0.2) is 90.8 Å². The van der Waals surface area contributed by atoms with Crippen LogP contribution in [0.4, 0.5) is 0 Å². The summed E-state index contributed by atoms with van der Waals surface area (Å²) in [5.74, 6) is 0.177. The van der Waals surface area contributed by atoms with Crippen molar-refractivity contribution < 1.29 is 35.8 Å². The number of rotatable bonds is 5. The molecule has 0 aliphatic heterocycles. The van der Waals surface area contributed by atoms with Crippen molar-refractivity contribution in [3.05, 3.63) is 125 Å². The first kappa shape index (κ1) is 35.6. The Morgan fingerprint density at radius 2 is 1.37 bits per heavy atom. The average Bonchev–Trinajstić information content (AvgIpc) is 2.92. The summed E-state index contributed by atoms with van der Waals surface area (Å²) in [6.07, 6.45) is 3.12. The summed E-state index contributed by atoms with van der Waals surface area (Å²) in [5, 5.41) is 9.56. The average molecular weight is 756 g/mol. The Bertz CT molecular complexity index is 1550. The zero-order valence-corrected chi connectivity index (χ0v) is 28.9. The molecule has 4 nitrogen and oxygen atoms in total. The fourth-order valence-electron chi connectivity index (χ4n) is 4.34. The normalized spacial score (nSPS) is 11.6. The SMILES string of the molecule is CC(C)(C)C(=O)/C=C(\O)C(C)(C)C.Cc1cc(C)c(C(=O)c2ccc(-c3c[c-]c(-c4ccccn4)cc3)cc2)c(C)c1.[Pt]. The molecule has 1 heterocycles. The van der Waals surface area contributed by atoms with Gasteiger partial charge >= 0.3 is 0 Å². The summed E-state index contributed by atoms with van der Waals surface area (Å²) in [4.78, 5) is 28.9. The summed E-state index contributed by atoms with van der Waals surface area (Å²) in [6, 6.07) is 27.1. The number of benzene rings is 3. The number of hydrogen-bond acceptors (Lipinski definition) is 4. The van der Waals surface area contributed by atoms with E-state index < -0.39 is 5.41 Å². The Hall–Kier alpha value is -3.62. The number of nitrogens with zero attached hydrogens (tertiary/aromatic N) is 1. The van der Waals surface area contributed by atoms with Crippen molar-refractivity contribution in [1.29, 1.82) is 0 Å². The molecular formula is C38H42NO3Pt-. The summed E-state index contributed by atoms with van der Waals surface area (Å²) in [5.41, 5.74) is 7.96. The first-order valence-electron chi connectivity index (χ1n) is 14.2. The molecule has 228 valence electrons. The molecule has 0 saturated heterocycles. The zero-order chi connectivity index (χ0) is 31.2. The number of hydrogen-bond donors (Lipinski definition) is 1. The number of aromatic nitrogens is 1. The molecule has 5 heteroatoms. The molecule has 4 rings (SSSR count). The van der Waals surface area contributed by atoms with Crippen molar-refractivity contribution in [2.24, 2.45) is 10.8 Å². The van der Waals surface area contributed by atoms with Gasteiger partial charge in [-0.05, 0) is 43.7 Å². The first-order chi connectivity index (χ1) is 19.6. The van der Waals surface area contributed by atoms with Gasteiger partial charge < -0.3 is 10.1 Å². The molecule has 0 saturated carbocycles. The van der Waals surface area contributed by atoms with E-state index >= 15 is 0 Å². The second kappa shape index (κ2) is 14.7.